The third-order valence-electron chi connectivity index (χ3n) is 2.82. The molecule has 1 aliphatic heterocycles. The van der Waals surface area contributed by atoms with Crippen molar-refractivity contribution in [2.24, 2.45) is 0 Å². The minimum Gasteiger partial charge on any atom is -0.391 e. The molecule has 2 rings (SSSR count). The van der Waals surface area contributed by atoms with Gasteiger partial charge in [-0.25, -0.2) is 9.97 Å². The molecule has 0 amide bonds. The fourth-order valence-corrected chi connectivity index (χ4v) is 1.92. The zero-order chi connectivity index (χ0) is 11.5. The molecule has 88 valence electrons. The summed E-state index contributed by atoms with van der Waals surface area (Å²) in [5, 5.41) is 9.62. The molecule has 0 bridgehead atoms. The molecule has 0 saturated carbocycles. The summed E-state index contributed by atoms with van der Waals surface area (Å²) in [6.45, 7) is 1.63. The van der Waals surface area contributed by atoms with E-state index in [4.69, 9.17) is 0 Å². The molecule has 1 atom stereocenters. The Morgan fingerprint density at radius 3 is 2.94 bits per heavy atom. The van der Waals surface area contributed by atoms with Crippen molar-refractivity contribution >= 4 is 11.6 Å². The molecule has 1 unspecified atom stereocenters. The van der Waals surface area contributed by atoms with Crippen LogP contribution in [0.15, 0.2) is 12.4 Å². The van der Waals surface area contributed by atoms with E-state index in [-0.39, 0.29) is 6.10 Å². The zero-order valence-corrected chi connectivity index (χ0v) is 9.80. The van der Waals surface area contributed by atoms with E-state index in [9.17, 15) is 5.11 Å². The molecule has 1 aromatic heterocycles. The number of aliphatic hydroxyl groups is 1. The lowest BCUT2D eigenvalue weighted by molar-refractivity contribution is 0.154. The number of rotatable bonds is 2. The molecule has 1 saturated heterocycles. The maximum absolute atomic E-state index is 9.62. The Morgan fingerprint density at radius 2 is 2.25 bits per heavy atom. The van der Waals surface area contributed by atoms with E-state index in [1.165, 1.54) is 0 Å². The smallest absolute Gasteiger partial charge is 0.134 e. The van der Waals surface area contributed by atoms with Gasteiger partial charge in [0.2, 0.25) is 0 Å². The number of hydrogen-bond donors (Lipinski definition) is 1. The predicted octanol–water partition coefficient (Wildman–Crippen LogP) is 0.504. The summed E-state index contributed by atoms with van der Waals surface area (Å²) in [6.07, 6.45) is 3.25. The Bertz CT molecular complexity index is 356. The van der Waals surface area contributed by atoms with E-state index in [0.29, 0.717) is 6.54 Å². The molecule has 5 nitrogen and oxygen atoms in total. The van der Waals surface area contributed by atoms with Crippen LogP contribution in [0.2, 0.25) is 0 Å². The first-order valence-corrected chi connectivity index (χ1v) is 5.59. The fourth-order valence-electron chi connectivity index (χ4n) is 1.92. The second kappa shape index (κ2) is 4.65. The van der Waals surface area contributed by atoms with Crippen LogP contribution in [0.1, 0.15) is 12.8 Å². The van der Waals surface area contributed by atoms with Crippen molar-refractivity contribution in [3.63, 3.8) is 0 Å². The molecule has 1 fully saturated rings. The Labute approximate surface area is 95.7 Å². The third kappa shape index (κ3) is 2.41. The summed E-state index contributed by atoms with van der Waals surface area (Å²) in [4.78, 5) is 12.5. The number of hydrogen-bond acceptors (Lipinski definition) is 5. The highest BCUT2D eigenvalue weighted by Gasteiger charge is 2.19. The highest BCUT2D eigenvalue weighted by atomic mass is 16.3. The van der Waals surface area contributed by atoms with E-state index >= 15 is 0 Å². The third-order valence-corrected chi connectivity index (χ3v) is 2.82. The van der Waals surface area contributed by atoms with Crippen molar-refractivity contribution in [2.45, 2.75) is 18.9 Å². The summed E-state index contributed by atoms with van der Waals surface area (Å²) < 4.78 is 0. The van der Waals surface area contributed by atoms with Gasteiger partial charge in [0.15, 0.2) is 0 Å². The van der Waals surface area contributed by atoms with Gasteiger partial charge in [-0.15, -0.1) is 0 Å². The molecule has 1 aliphatic rings. The second-order valence-electron chi connectivity index (χ2n) is 4.37. The first-order chi connectivity index (χ1) is 7.66. The van der Waals surface area contributed by atoms with Crippen LogP contribution in [-0.2, 0) is 0 Å². The molecule has 1 N–H and O–H groups in total. The lowest BCUT2D eigenvalue weighted by atomic mass is 10.1. The molecular formula is C11H18N4O. The van der Waals surface area contributed by atoms with Gasteiger partial charge in [-0.05, 0) is 12.8 Å². The number of anilines is 2. The number of piperidine rings is 1. The Hall–Kier alpha value is -1.36. The zero-order valence-electron chi connectivity index (χ0n) is 9.80. The molecule has 16 heavy (non-hydrogen) atoms. The van der Waals surface area contributed by atoms with Crippen LogP contribution < -0.4 is 9.80 Å². The van der Waals surface area contributed by atoms with Gasteiger partial charge < -0.3 is 14.9 Å². The van der Waals surface area contributed by atoms with Crippen LogP contribution in [0.3, 0.4) is 0 Å². The topological polar surface area (TPSA) is 52.5 Å². The molecule has 0 spiro atoms. The van der Waals surface area contributed by atoms with Gasteiger partial charge in [0.05, 0.1) is 6.10 Å². The minimum atomic E-state index is -0.230. The molecular weight excluding hydrogens is 204 g/mol. The van der Waals surface area contributed by atoms with Crippen LogP contribution in [-0.4, -0.2) is 48.4 Å². The largest absolute Gasteiger partial charge is 0.391 e. The lowest BCUT2D eigenvalue weighted by Gasteiger charge is -2.31. The molecule has 2 heterocycles. The Balaban J connectivity index is 2.16. The number of nitrogens with zero attached hydrogens (tertiary/aromatic N) is 4. The van der Waals surface area contributed by atoms with E-state index in [2.05, 4.69) is 14.9 Å². The second-order valence-corrected chi connectivity index (χ2v) is 4.37. The summed E-state index contributed by atoms with van der Waals surface area (Å²) in [6, 6.07) is 1.96. The summed E-state index contributed by atoms with van der Waals surface area (Å²) >= 11 is 0. The van der Waals surface area contributed by atoms with E-state index < -0.39 is 0 Å². The van der Waals surface area contributed by atoms with Crippen molar-refractivity contribution < 1.29 is 5.11 Å². The quantitative estimate of drug-likeness (QED) is 0.790. The molecule has 5 heteroatoms. The summed E-state index contributed by atoms with van der Waals surface area (Å²) in [5.41, 5.74) is 0. The van der Waals surface area contributed by atoms with Gasteiger partial charge in [0.25, 0.3) is 0 Å². The summed E-state index contributed by atoms with van der Waals surface area (Å²) in [5.74, 6) is 1.79. The average molecular weight is 222 g/mol. The van der Waals surface area contributed by atoms with E-state index in [1.807, 2.05) is 25.1 Å². The van der Waals surface area contributed by atoms with Gasteiger partial charge in [-0.1, -0.05) is 0 Å². The van der Waals surface area contributed by atoms with Crippen LogP contribution in [0.25, 0.3) is 0 Å². The van der Waals surface area contributed by atoms with Crippen molar-refractivity contribution in [3.8, 4) is 0 Å². The first-order valence-electron chi connectivity index (χ1n) is 5.59. The van der Waals surface area contributed by atoms with Gasteiger partial charge >= 0.3 is 0 Å². The Kier molecular flexibility index (Phi) is 3.24. The SMILES string of the molecule is CN(C)c1cc(N2CCCC(O)C2)ncn1. The van der Waals surface area contributed by atoms with Crippen LogP contribution in [0.5, 0.6) is 0 Å². The van der Waals surface area contributed by atoms with Crippen molar-refractivity contribution in [2.75, 3.05) is 37.0 Å². The highest BCUT2D eigenvalue weighted by molar-refractivity contribution is 5.49. The summed E-state index contributed by atoms with van der Waals surface area (Å²) in [7, 11) is 3.91. The monoisotopic (exact) mass is 222 g/mol. The van der Waals surface area contributed by atoms with Gasteiger partial charge in [-0.2, -0.15) is 0 Å². The standard InChI is InChI=1S/C11H18N4O/c1-14(2)10-6-11(13-8-12-10)15-5-3-4-9(16)7-15/h6,8-9,16H,3-5,7H2,1-2H3. The average Bonchev–Trinajstić information content (AvgIpc) is 2.29. The number of aliphatic hydroxyl groups excluding tert-OH is 1. The van der Waals surface area contributed by atoms with Gasteiger partial charge in [0.1, 0.15) is 18.0 Å². The molecule has 1 aromatic rings. The lowest BCUT2D eigenvalue weighted by Crippen LogP contribution is -2.38. The van der Waals surface area contributed by atoms with Crippen LogP contribution in [0, 0.1) is 0 Å². The van der Waals surface area contributed by atoms with Crippen LogP contribution >= 0.6 is 0 Å². The minimum absolute atomic E-state index is 0.230. The molecule has 0 aromatic carbocycles. The highest BCUT2D eigenvalue weighted by Crippen LogP contribution is 2.20. The number of β-amino-alcohol motifs (C(OH)–C–C–N with tert-alkyl or cyclic N) is 1. The van der Waals surface area contributed by atoms with E-state index in [1.54, 1.807) is 6.33 Å². The maximum atomic E-state index is 9.62. The van der Waals surface area contributed by atoms with Gasteiger partial charge in [-0.3, -0.25) is 0 Å². The Morgan fingerprint density at radius 1 is 1.44 bits per heavy atom. The normalized spacial score (nSPS) is 20.9. The van der Waals surface area contributed by atoms with Gasteiger partial charge in [0, 0.05) is 33.3 Å². The van der Waals surface area contributed by atoms with Crippen molar-refractivity contribution in [1.82, 2.24) is 9.97 Å². The van der Waals surface area contributed by atoms with Crippen molar-refractivity contribution in [3.05, 3.63) is 12.4 Å². The molecule has 0 aliphatic carbocycles. The number of aromatic nitrogens is 2. The maximum Gasteiger partial charge on any atom is 0.134 e. The molecule has 0 radical (unpaired) electrons. The fraction of sp³-hybridized carbons (Fsp3) is 0.636. The predicted molar refractivity (Wildman–Crippen MR) is 63.8 cm³/mol. The van der Waals surface area contributed by atoms with E-state index in [0.717, 1.165) is 31.0 Å². The first kappa shape index (κ1) is 11.1. The van der Waals surface area contributed by atoms with Crippen molar-refractivity contribution in [1.29, 1.82) is 0 Å². The van der Waals surface area contributed by atoms with Crippen LogP contribution in [0.4, 0.5) is 11.6 Å².